The van der Waals surface area contributed by atoms with E-state index in [4.69, 9.17) is 33.2 Å². The normalized spacial score (nSPS) is 10.6. The van der Waals surface area contributed by atoms with Crippen molar-refractivity contribution in [1.29, 1.82) is 0 Å². The van der Waals surface area contributed by atoms with Crippen molar-refractivity contribution in [1.82, 2.24) is 0 Å². The molecule has 36 heavy (non-hydrogen) atoms. The van der Waals surface area contributed by atoms with Crippen LogP contribution in [-0.4, -0.2) is 49.8 Å². The highest BCUT2D eigenvalue weighted by Crippen LogP contribution is 2.41. The minimum atomic E-state index is 0.543. The van der Waals surface area contributed by atoms with Crippen LogP contribution in [0.5, 0.6) is 40.2 Å². The quantitative estimate of drug-likeness (QED) is 0.230. The minimum absolute atomic E-state index is 0.543. The van der Waals surface area contributed by atoms with Crippen molar-refractivity contribution in [3.8, 4) is 40.2 Å². The fourth-order valence-electron chi connectivity index (χ4n) is 3.54. The molecular weight excluding hydrogens is 482 g/mol. The van der Waals surface area contributed by atoms with Crippen LogP contribution in [0.15, 0.2) is 47.4 Å². The van der Waals surface area contributed by atoms with E-state index in [9.17, 15) is 0 Å². The van der Waals surface area contributed by atoms with Crippen molar-refractivity contribution >= 4 is 29.8 Å². The lowest BCUT2D eigenvalue weighted by Crippen LogP contribution is -1.97. The number of ether oxygens (including phenoxy) is 7. The summed E-state index contributed by atoms with van der Waals surface area (Å²) in [6.45, 7) is 0. The molecule has 0 aliphatic rings. The van der Waals surface area contributed by atoms with E-state index in [0.717, 1.165) is 21.7 Å². The third-order valence-electron chi connectivity index (χ3n) is 5.29. The van der Waals surface area contributed by atoms with Crippen LogP contribution in [0.4, 0.5) is 5.69 Å². The number of hydrogen-bond acceptors (Lipinski definition) is 9. The van der Waals surface area contributed by atoms with Gasteiger partial charge in [0.15, 0.2) is 34.5 Å². The SMILES string of the molecule is COc1ccc(SNc2cc(/C=C\c3cc(OC)c(OC)c(OC)c3)cc(OC)c2OC)cc1OC. The monoisotopic (exact) mass is 513 g/mol. The Bertz CT molecular complexity index is 1190. The topological polar surface area (TPSA) is 76.6 Å². The molecule has 0 saturated carbocycles. The molecule has 3 aromatic rings. The van der Waals surface area contributed by atoms with Crippen LogP contribution in [0.3, 0.4) is 0 Å². The molecule has 0 atom stereocenters. The fraction of sp³-hybridized carbons (Fsp3) is 0.259. The number of benzene rings is 3. The maximum Gasteiger partial charge on any atom is 0.203 e. The maximum absolute atomic E-state index is 5.62. The number of rotatable bonds is 12. The van der Waals surface area contributed by atoms with Crippen molar-refractivity contribution in [3.63, 3.8) is 0 Å². The van der Waals surface area contributed by atoms with Gasteiger partial charge in [-0.05, 0) is 65.5 Å². The van der Waals surface area contributed by atoms with Crippen molar-refractivity contribution in [2.24, 2.45) is 0 Å². The number of hydrogen-bond donors (Lipinski definition) is 1. The van der Waals surface area contributed by atoms with E-state index in [2.05, 4.69) is 4.72 Å². The summed E-state index contributed by atoms with van der Waals surface area (Å²) < 4.78 is 41.6. The van der Waals surface area contributed by atoms with Gasteiger partial charge in [0.1, 0.15) is 0 Å². The summed E-state index contributed by atoms with van der Waals surface area (Å²) in [6.07, 6.45) is 3.92. The molecule has 0 fully saturated rings. The lowest BCUT2D eigenvalue weighted by Gasteiger charge is -2.16. The Balaban J connectivity index is 1.92. The van der Waals surface area contributed by atoms with E-state index in [1.165, 1.54) is 11.9 Å². The predicted octanol–water partition coefficient (Wildman–Crippen LogP) is 6.04. The molecule has 0 spiro atoms. The summed E-state index contributed by atoms with van der Waals surface area (Å²) >= 11 is 1.42. The van der Waals surface area contributed by atoms with E-state index in [1.54, 1.807) is 49.8 Å². The highest BCUT2D eigenvalue weighted by atomic mass is 32.2. The van der Waals surface area contributed by atoms with E-state index >= 15 is 0 Å². The third kappa shape index (κ3) is 6.04. The summed E-state index contributed by atoms with van der Waals surface area (Å²) in [7, 11) is 11.2. The molecule has 0 unspecified atom stereocenters. The van der Waals surface area contributed by atoms with Crippen molar-refractivity contribution < 1.29 is 33.2 Å². The van der Waals surface area contributed by atoms with Crippen molar-refractivity contribution in [2.75, 3.05) is 54.5 Å². The average Bonchev–Trinajstić information content (AvgIpc) is 2.93. The Morgan fingerprint density at radius 1 is 0.528 bits per heavy atom. The van der Waals surface area contributed by atoms with Gasteiger partial charge in [-0.2, -0.15) is 0 Å². The van der Waals surface area contributed by atoms with Crippen LogP contribution >= 0.6 is 11.9 Å². The molecule has 0 aromatic heterocycles. The molecular formula is C27H31NO7S. The lowest BCUT2D eigenvalue weighted by atomic mass is 10.1. The summed E-state index contributed by atoms with van der Waals surface area (Å²) in [5.41, 5.74) is 2.53. The van der Waals surface area contributed by atoms with Gasteiger partial charge in [-0.1, -0.05) is 12.2 Å². The van der Waals surface area contributed by atoms with Crippen LogP contribution in [0.25, 0.3) is 12.2 Å². The molecule has 0 saturated heterocycles. The Morgan fingerprint density at radius 3 is 1.53 bits per heavy atom. The molecule has 9 heteroatoms. The molecule has 192 valence electrons. The predicted molar refractivity (Wildman–Crippen MR) is 144 cm³/mol. The number of anilines is 1. The lowest BCUT2D eigenvalue weighted by molar-refractivity contribution is 0.324. The van der Waals surface area contributed by atoms with Crippen molar-refractivity contribution in [3.05, 3.63) is 53.6 Å². The zero-order valence-corrected chi connectivity index (χ0v) is 22.3. The summed E-state index contributed by atoms with van der Waals surface area (Å²) in [5, 5.41) is 0. The van der Waals surface area contributed by atoms with Crippen LogP contribution in [-0.2, 0) is 0 Å². The first-order valence-corrected chi connectivity index (χ1v) is 11.7. The fourth-order valence-corrected chi connectivity index (χ4v) is 4.22. The van der Waals surface area contributed by atoms with Crippen LogP contribution in [0.2, 0.25) is 0 Å². The zero-order chi connectivity index (χ0) is 26.1. The molecule has 1 N–H and O–H groups in total. The van der Waals surface area contributed by atoms with E-state index in [1.807, 2.05) is 54.6 Å². The molecule has 0 aliphatic heterocycles. The molecule has 0 amide bonds. The first kappa shape index (κ1) is 26.7. The van der Waals surface area contributed by atoms with Gasteiger partial charge in [0.05, 0.1) is 55.5 Å². The Kier molecular flexibility index (Phi) is 9.46. The highest BCUT2D eigenvalue weighted by molar-refractivity contribution is 8.00. The van der Waals surface area contributed by atoms with E-state index in [0.29, 0.717) is 40.2 Å². The number of nitrogens with one attached hydrogen (secondary N) is 1. The average molecular weight is 514 g/mol. The zero-order valence-electron chi connectivity index (χ0n) is 21.5. The second-order valence-corrected chi connectivity index (χ2v) is 8.20. The van der Waals surface area contributed by atoms with E-state index in [-0.39, 0.29) is 0 Å². The molecule has 3 rings (SSSR count). The summed E-state index contributed by atoms with van der Waals surface area (Å²) in [4.78, 5) is 0.937. The summed E-state index contributed by atoms with van der Waals surface area (Å²) in [5.74, 6) is 4.21. The Hall–Kier alpha value is -3.85. The van der Waals surface area contributed by atoms with E-state index < -0.39 is 0 Å². The molecule has 3 aromatic carbocycles. The Morgan fingerprint density at radius 2 is 1.03 bits per heavy atom. The van der Waals surface area contributed by atoms with Gasteiger partial charge in [-0.25, -0.2) is 0 Å². The minimum Gasteiger partial charge on any atom is -0.493 e. The van der Waals surface area contributed by atoms with Crippen LogP contribution in [0, 0.1) is 0 Å². The van der Waals surface area contributed by atoms with Gasteiger partial charge in [-0.15, -0.1) is 0 Å². The van der Waals surface area contributed by atoms with Gasteiger partial charge in [0, 0.05) is 4.90 Å². The second kappa shape index (κ2) is 12.7. The smallest absolute Gasteiger partial charge is 0.203 e. The maximum atomic E-state index is 5.62. The van der Waals surface area contributed by atoms with Gasteiger partial charge in [0.25, 0.3) is 0 Å². The van der Waals surface area contributed by atoms with Gasteiger partial charge < -0.3 is 37.9 Å². The van der Waals surface area contributed by atoms with Gasteiger partial charge >= 0.3 is 0 Å². The second-order valence-electron chi connectivity index (χ2n) is 7.32. The van der Waals surface area contributed by atoms with Crippen molar-refractivity contribution in [2.45, 2.75) is 4.90 Å². The molecule has 0 aliphatic carbocycles. The molecule has 0 heterocycles. The molecule has 0 bridgehead atoms. The first-order chi connectivity index (χ1) is 17.5. The van der Waals surface area contributed by atoms with Gasteiger partial charge in [-0.3, -0.25) is 0 Å². The highest BCUT2D eigenvalue weighted by Gasteiger charge is 2.14. The van der Waals surface area contributed by atoms with Gasteiger partial charge in [0.2, 0.25) is 5.75 Å². The summed E-state index contributed by atoms with van der Waals surface area (Å²) in [6, 6.07) is 13.3. The molecule has 8 nitrogen and oxygen atoms in total. The Labute approximate surface area is 216 Å². The number of methoxy groups -OCH3 is 7. The van der Waals surface area contributed by atoms with Crippen LogP contribution < -0.4 is 37.9 Å². The molecule has 0 radical (unpaired) electrons. The van der Waals surface area contributed by atoms with Crippen LogP contribution in [0.1, 0.15) is 11.1 Å². The standard InChI is InChI=1S/C27H31NO7S/c1-29-21-11-10-19(16-22(21)30-2)36-28-20-12-17(13-23(31-3)26(20)34-6)8-9-18-14-24(32-4)27(35-7)25(15-18)33-5/h8-16,28H,1-7H3/b9-8-. The largest absolute Gasteiger partial charge is 0.493 e. The first-order valence-electron chi connectivity index (χ1n) is 10.9. The third-order valence-corrected chi connectivity index (χ3v) is 6.10.